The zero-order valence-electron chi connectivity index (χ0n) is 15.8. The van der Waals surface area contributed by atoms with E-state index >= 15 is 0 Å². The number of sulfonamides is 1. The molecule has 1 atom stereocenters. The molecule has 0 bridgehead atoms. The molecule has 29 heavy (non-hydrogen) atoms. The highest BCUT2D eigenvalue weighted by atomic mass is 32.2. The van der Waals surface area contributed by atoms with E-state index in [-0.39, 0.29) is 18.3 Å². The van der Waals surface area contributed by atoms with E-state index < -0.39 is 10.0 Å². The number of fused-ring (bicyclic) bond motifs is 1. The van der Waals surface area contributed by atoms with Gasteiger partial charge in [0, 0.05) is 23.9 Å². The maximum absolute atomic E-state index is 12.9. The van der Waals surface area contributed by atoms with Crippen LogP contribution in [0.1, 0.15) is 16.1 Å². The summed E-state index contributed by atoms with van der Waals surface area (Å²) in [6, 6.07) is 18.1. The predicted molar refractivity (Wildman–Crippen MR) is 112 cm³/mol. The molecule has 6 nitrogen and oxygen atoms in total. The number of rotatable bonds is 5. The first-order valence-electron chi connectivity index (χ1n) is 9.19. The third kappa shape index (κ3) is 4.30. The molecular weight excluding hydrogens is 388 g/mol. The summed E-state index contributed by atoms with van der Waals surface area (Å²) in [5.41, 5.74) is 3.36. The molecule has 0 spiro atoms. The Morgan fingerprint density at radius 3 is 2.62 bits per heavy atom. The monoisotopic (exact) mass is 408 g/mol. The van der Waals surface area contributed by atoms with E-state index in [1.54, 1.807) is 30.5 Å². The Bertz CT molecular complexity index is 1160. The highest BCUT2D eigenvalue weighted by Crippen LogP contribution is 2.35. The largest absolute Gasteiger partial charge is 0.492 e. The van der Waals surface area contributed by atoms with Crippen LogP contribution < -0.4 is 9.46 Å². The number of benzene rings is 2. The quantitative estimate of drug-likeness (QED) is 0.698. The van der Waals surface area contributed by atoms with Gasteiger partial charge in [-0.3, -0.25) is 14.5 Å². The first-order chi connectivity index (χ1) is 13.9. The number of nitrogens with one attached hydrogen (secondary N) is 1. The number of ketones is 1. The van der Waals surface area contributed by atoms with Crippen LogP contribution in [0.4, 0.5) is 5.69 Å². The van der Waals surface area contributed by atoms with Crippen LogP contribution >= 0.6 is 0 Å². The minimum Gasteiger partial charge on any atom is -0.492 e. The van der Waals surface area contributed by atoms with Gasteiger partial charge in [-0.1, -0.05) is 30.3 Å². The molecule has 0 saturated carbocycles. The van der Waals surface area contributed by atoms with Crippen molar-refractivity contribution in [2.45, 2.75) is 6.42 Å². The molecule has 0 amide bonds. The predicted octanol–water partition coefficient (Wildman–Crippen LogP) is 3.55. The molecule has 2 aromatic carbocycles. The van der Waals surface area contributed by atoms with Crippen LogP contribution in [0.5, 0.6) is 5.75 Å². The van der Waals surface area contributed by atoms with E-state index in [9.17, 15) is 13.2 Å². The molecule has 148 valence electrons. The molecule has 1 aliphatic rings. The maximum atomic E-state index is 12.9. The SMILES string of the molecule is CS(=O)(=O)Nc1ccccc1-c1ccc2c(c1)OCC(Cc1ccccn1)C2=O. The van der Waals surface area contributed by atoms with Crippen molar-refractivity contribution in [3.05, 3.63) is 78.1 Å². The van der Waals surface area contributed by atoms with Crippen molar-refractivity contribution in [1.82, 2.24) is 4.98 Å². The van der Waals surface area contributed by atoms with Crippen molar-refractivity contribution in [1.29, 1.82) is 0 Å². The lowest BCUT2D eigenvalue weighted by Gasteiger charge is -2.24. The van der Waals surface area contributed by atoms with Crippen molar-refractivity contribution < 1.29 is 17.9 Å². The molecule has 1 aromatic heterocycles. The molecule has 0 saturated heterocycles. The Morgan fingerprint density at radius 1 is 1.07 bits per heavy atom. The molecule has 0 aliphatic carbocycles. The second kappa shape index (κ2) is 7.67. The standard InChI is InChI=1S/C22H20N2O4S/c1-29(26,27)24-20-8-3-2-7-18(20)15-9-10-19-21(13-15)28-14-16(22(19)25)12-17-6-4-5-11-23-17/h2-11,13,16,24H,12,14H2,1H3. The van der Waals surface area contributed by atoms with E-state index in [0.29, 0.717) is 29.0 Å². The maximum Gasteiger partial charge on any atom is 0.229 e. The Balaban J connectivity index is 1.62. The number of nitrogens with zero attached hydrogens (tertiary/aromatic N) is 1. The van der Waals surface area contributed by atoms with Crippen LogP contribution in [0.3, 0.4) is 0 Å². The molecule has 0 radical (unpaired) electrons. The number of ether oxygens (including phenoxy) is 1. The molecule has 0 fully saturated rings. The molecule has 1 N–H and O–H groups in total. The van der Waals surface area contributed by atoms with Crippen molar-refractivity contribution in [3.8, 4) is 16.9 Å². The van der Waals surface area contributed by atoms with Gasteiger partial charge < -0.3 is 4.74 Å². The smallest absolute Gasteiger partial charge is 0.229 e. The zero-order chi connectivity index (χ0) is 20.4. The van der Waals surface area contributed by atoms with Gasteiger partial charge in [0.15, 0.2) is 5.78 Å². The second-order valence-electron chi connectivity index (χ2n) is 7.03. The zero-order valence-corrected chi connectivity index (χ0v) is 16.6. The number of hydrogen-bond donors (Lipinski definition) is 1. The summed E-state index contributed by atoms with van der Waals surface area (Å²) in [6.07, 6.45) is 3.35. The van der Waals surface area contributed by atoms with Gasteiger partial charge in [-0.05, 0) is 35.9 Å². The fraction of sp³-hybridized carbons (Fsp3) is 0.182. The van der Waals surface area contributed by atoms with Crippen LogP contribution in [0, 0.1) is 5.92 Å². The van der Waals surface area contributed by atoms with Crippen molar-refractivity contribution in [2.75, 3.05) is 17.6 Å². The Labute approximate surface area is 169 Å². The van der Waals surface area contributed by atoms with Gasteiger partial charge >= 0.3 is 0 Å². The average molecular weight is 408 g/mol. The van der Waals surface area contributed by atoms with Crippen LogP contribution in [0.2, 0.25) is 0 Å². The summed E-state index contributed by atoms with van der Waals surface area (Å²) < 4.78 is 31.7. The van der Waals surface area contributed by atoms with Gasteiger partial charge in [0.05, 0.1) is 30.0 Å². The summed E-state index contributed by atoms with van der Waals surface area (Å²) in [6.45, 7) is 0.287. The molecule has 3 aromatic rings. The molecule has 1 unspecified atom stereocenters. The number of aromatic nitrogens is 1. The lowest BCUT2D eigenvalue weighted by atomic mass is 9.90. The molecule has 1 aliphatic heterocycles. The third-order valence-corrected chi connectivity index (χ3v) is 5.36. The summed E-state index contributed by atoms with van der Waals surface area (Å²) in [4.78, 5) is 17.2. The van der Waals surface area contributed by atoms with Gasteiger partial charge in [0.2, 0.25) is 10.0 Å². The van der Waals surface area contributed by atoms with E-state index in [1.807, 2.05) is 36.4 Å². The fourth-order valence-corrected chi connectivity index (χ4v) is 4.02. The molecule has 2 heterocycles. The van der Waals surface area contributed by atoms with E-state index in [4.69, 9.17) is 4.74 Å². The fourth-order valence-electron chi connectivity index (χ4n) is 3.45. The van der Waals surface area contributed by atoms with E-state index in [1.165, 1.54) is 0 Å². The first-order valence-corrected chi connectivity index (χ1v) is 11.1. The van der Waals surface area contributed by atoms with Gasteiger partial charge in [-0.25, -0.2) is 8.42 Å². The topological polar surface area (TPSA) is 85.4 Å². The minimum absolute atomic E-state index is 0.0333. The first kappa shape index (κ1) is 19.1. The molecule has 4 rings (SSSR count). The lowest BCUT2D eigenvalue weighted by Crippen LogP contribution is -2.29. The Kier molecular flexibility index (Phi) is 5.07. The second-order valence-corrected chi connectivity index (χ2v) is 8.78. The summed E-state index contributed by atoms with van der Waals surface area (Å²) in [7, 11) is -3.41. The molecule has 7 heteroatoms. The van der Waals surface area contributed by atoms with E-state index in [0.717, 1.165) is 17.5 Å². The molecular formula is C22H20N2O4S. The number of anilines is 1. The van der Waals surface area contributed by atoms with Gasteiger partial charge in [-0.2, -0.15) is 0 Å². The van der Waals surface area contributed by atoms with E-state index in [2.05, 4.69) is 9.71 Å². The highest BCUT2D eigenvalue weighted by molar-refractivity contribution is 7.92. The number of Topliss-reactive ketones (excluding diaryl/α,β-unsaturated/α-hetero) is 1. The van der Waals surface area contributed by atoms with Gasteiger partial charge in [0.25, 0.3) is 0 Å². The van der Waals surface area contributed by atoms with Gasteiger partial charge in [0.1, 0.15) is 5.75 Å². The van der Waals surface area contributed by atoms with Crippen LogP contribution in [0.15, 0.2) is 66.9 Å². The Hall–Kier alpha value is -3.19. The van der Waals surface area contributed by atoms with Crippen LogP contribution in [0.25, 0.3) is 11.1 Å². The normalized spacial score (nSPS) is 16.0. The summed E-state index contributed by atoms with van der Waals surface area (Å²) in [5, 5.41) is 0. The van der Waals surface area contributed by atoms with Crippen molar-refractivity contribution in [2.24, 2.45) is 5.92 Å². The van der Waals surface area contributed by atoms with Gasteiger partial charge in [-0.15, -0.1) is 0 Å². The number of para-hydroxylation sites is 1. The lowest BCUT2D eigenvalue weighted by molar-refractivity contribution is 0.0829. The number of carbonyl (C=O) groups excluding carboxylic acids is 1. The van der Waals surface area contributed by atoms with Crippen LogP contribution in [-0.4, -0.2) is 32.0 Å². The Morgan fingerprint density at radius 2 is 1.86 bits per heavy atom. The summed E-state index contributed by atoms with van der Waals surface area (Å²) >= 11 is 0. The number of carbonyl (C=O) groups is 1. The summed E-state index contributed by atoms with van der Waals surface area (Å²) in [5.74, 6) is 0.271. The highest BCUT2D eigenvalue weighted by Gasteiger charge is 2.29. The van der Waals surface area contributed by atoms with Crippen molar-refractivity contribution >= 4 is 21.5 Å². The van der Waals surface area contributed by atoms with Crippen molar-refractivity contribution in [3.63, 3.8) is 0 Å². The minimum atomic E-state index is -3.41. The number of pyridine rings is 1. The van der Waals surface area contributed by atoms with Crippen LogP contribution in [-0.2, 0) is 16.4 Å². The average Bonchev–Trinajstić information content (AvgIpc) is 2.70. The number of hydrogen-bond acceptors (Lipinski definition) is 5. The third-order valence-electron chi connectivity index (χ3n) is 4.77.